The van der Waals surface area contributed by atoms with Crippen molar-refractivity contribution in [3.05, 3.63) is 72.4 Å². The van der Waals surface area contributed by atoms with Crippen LogP contribution in [0.4, 0.5) is 18.9 Å². The normalized spacial score (nSPS) is 13.3. The van der Waals surface area contributed by atoms with E-state index >= 15 is 0 Å². The Bertz CT molecular complexity index is 1310. The molecule has 1 aromatic heterocycles. The van der Waals surface area contributed by atoms with Crippen molar-refractivity contribution in [1.82, 2.24) is 10.4 Å². The molecular weight excluding hydrogens is 509 g/mol. The summed E-state index contributed by atoms with van der Waals surface area (Å²) in [6.45, 7) is -0.353. The standard InChI is InChI=1S/C25H19F3N4O4S/c26-25(27,28)17-5-10-23(30-13-17)36-20-8-6-19(7-9-20)35-14-18(33)11-16(12-29)24(34)31-32-15-37-22-4-2-1-3-21(22)32/h1-10,13,16H,11,14-15H2,(H,31,34). The second-order valence-corrected chi connectivity index (χ2v) is 8.80. The number of thioether (sulfide) groups is 1. The monoisotopic (exact) mass is 528 g/mol. The molecular formula is C25H19F3N4O4S. The Morgan fingerprint density at radius 2 is 1.84 bits per heavy atom. The van der Waals surface area contributed by atoms with E-state index in [1.54, 1.807) is 16.8 Å². The van der Waals surface area contributed by atoms with Crippen molar-refractivity contribution in [1.29, 1.82) is 5.26 Å². The van der Waals surface area contributed by atoms with Crippen molar-refractivity contribution in [2.75, 3.05) is 17.5 Å². The lowest BCUT2D eigenvalue weighted by atomic mass is 10.0. The molecule has 1 unspecified atom stereocenters. The highest BCUT2D eigenvalue weighted by molar-refractivity contribution is 7.99. The second-order valence-electron chi connectivity index (χ2n) is 7.81. The quantitative estimate of drug-likeness (QED) is 0.415. The van der Waals surface area contributed by atoms with Crippen molar-refractivity contribution < 1.29 is 32.2 Å². The number of alkyl halides is 3. The fraction of sp³-hybridized carbons (Fsp3) is 0.200. The number of carbonyl (C=O) groups excluding carboxylic acids is 2. The summed E-state index contributed by atoms with van der Waals surface area (Å²) < 4.78 is 48.7. The van der Waals surface area contributed by atoms with Crippen LogP contribution in [0.15, 0.2) is 71.8 Å². The van der Waals surface area contributed by atoms with Gasteiger partial charge in [0.1, 0.15) is 24.0 Å². The number of pyridine rings is 1. The van der Waals surface area contributed by atoms with Gasteiger partial charge in [-0.3, -0.25) is 20.0 Å². The number of hydrogen-bond acceptors (Lipinski definition) is 8. The molecule has 0 fully saturated rings. The molecule has 3 aromatic rings. The minimum Gasteiger partial charge on any atom is -0.486 e. The fourth-order valence-electron chi connectivity index (χ4n) is 3.29. The van der Waals surface area contributed by atoms with Gasteiger partial charge in [0, 0.05) is 23.6 Å². The minimum absolute atomic E-state index is 0.0197. The van der Waals surface area contributed by atoms with Gasteiger partial charge in [-0.2, -0.15) is 18.4 Å². The summed E-state index contributed by atoms with van der Waals surface area (Å²) in [5.74, 6) is -1.10. The van der Waals surface area contributed by atoms with Crippen LogP contribution < -0.4 is 19.9 Å². The Morgan fingerprint density at radius 1 is 1.11 bits per heavy atom. The Labute approximate surface area is 214 Å². The number of nitrogens with one attached hydrogen (secondary N) is 1. The maximum Gasteiger partial charge on any atom is 0.417 e. The lowest BCUT2D eigenvalue weighted by Gasteiger charge is -2.21. The van der Waals surface area contributed by atoms with Gasteiger partial charge in [0.25, 0.3) is 5.91 Å². The average molecular weight is 529 g/mol. The Balaban J connectivity index is 1.25. The van der Waals surface area contributed by atoms with Crippen molar-refractivity contribution in [2.45, 2.75) is 17.5 Å². The molecule has 0 bridgehead atoms. The van der Waals surface area contributed by atoms with Crippen molar-refractivity contribution in [3.63, 3.8) is 0 Å². The number of ether oxygens (including phenoxy) is 2. The lowest BCUT2D eigenvalue weighted by Crippen LogP contribution is -2.44. The topological polar surface area (TPSA) is 105 Å². The third kappa shape index (κ3) is 6.71. The van der Waals surface area contributed by atoms with Crippen molar-refractivity contribution >= 4 is 29.1 Å². The molecule has 2 heterocycles. The van der Waals surface area contributed by atoms with E-state index in [0.29, 0.717) is 23.6 Å². The SMILES string of the molecule is N#CC(CC(=O)COc1ccc(Oc2ccc(C(F)(F)F)cn2)cc1)C(=O)NN1CSc2ccccc21. The number of halogens is 3. The van der Waals surface area contributed by atoms with E-state index in [4.69, 9.17) is 9.47 Å². The van der Waals surface area contributed by atoms with Crippen LogP contribution >= 0.6 is 11.8 Å². The molecule has 1 aliphatic heterocycles. The van der Waals surface area contributed by atoms with Gasteiger partial charge in [-0.25, -0.2) is 4.98 Å². The molecule has 1 amide bonds. The first-order valence-corrected chi connectivity index (χ1v) is 11.9. The Morgan fingerprint density at radius 3 is 2.51 bits per heavy atom. The molecule has 0 saturated heterocycles. The van der Waals surface area contributed by atoms with Crippen LogP contribution in [0.2, 0.25) is 0 Å². The number of fused-ring (bicyclic) bond motifs is 1. The summed E-state index contributed by atoms with van der Waals surface area (Å²) in [5, 5.41) is 11.0. The molecule has 1 atom stereocenters. The summed E-state index contributed by atoms with van der Waals surface area (Å²) >= 11 is 1.55. The fourth-order valence-corrected chi connectivity index (χ4v) is 4.26. The first kappa shape index (κ1) is 25.8. The van der Waals surface area contributed by atoms with E-state index in [2.05, 4.69) is 10.4 Å². The van der Waals surface area contributed by atoms with Crippen molar-refractivity contribution in [3.8, 4) is 23.4 Å². The van der Waals surface area contributed by atoms with E-state index in [-0.39, 0.29) is 18.9 Å². The number of aromatic nitrogens is 1. The first-order chi connectivity index (χ1) is 17.7. The number of para-hydroxylation sites is 1. The van der Waals surface area contributed by atoms with E-state index < -0.39 is 29.3 Å². The molecule has 190 valence electrons. The minimum atomic E-state index is -4.49. The van der Waals surface area contributed by atoms with Crippen LogP contribution in [0.5, 0.6) is 17.4 Å². The molecule has 37 heavy (non-hydrogen) atoms. The zero-order valence-corrected chi connectivity index (χ0v) is 19.9. The molecule has 4 rings (SSSR count). The summed E-state index contributed by atoms with van der Waals surface area (Å²) in [4.78, 5) is 29.5. The molecule has 0 aliphatic carbocycles. The summed E-state index contributed by atoms with van der Waals surface area (Å²) in [6, 6.07) is 17.4. The van der Waals surface area contributed by atoms with Gasteiger partial charge in [-0.15, -0.1) is 11.8 Å². The largest absolute Gasteiger partial charge is 0.486 e. The zero-order chi connectivity index (χ0) is 26.4. The molecule has 0 spiro atoms. The van der Waals surface area contributed by atoms with E-state index in [1.165, 1.54) is 24.3 Å². The number of nitrogens with zero attached hydrogens (tertiary/aromatic N) is 3. The van der Waals surface area contributed by atoms with Gasteiger partial charge in [0.05, 0.1) is 23.2 Å². The highest BCUT2D eigenvalue weighted by Gasteiger charge is 2.31. The van der Waals surface area contributed by atoms with E-state index in [0.717, 1.165) is 22.7 Å². The van der Waals surface area contributed by atoms with Crippen LogP contribution in [-0.4, -0.2) is 29.2 Å². The molecule has 2 aromatic carbocycles. The molecule has 0 radical (unpaired) electrons. The van der Waals surface area contributed by atoms with Crippen LogP contribution in [0.1, 0.15) is 12.0 Å². The summed E-state index contributed by atoms with van der Waals surface area (Å²) in [6.07, 6.45) is -4.12. The van der Waals surface area contributed by atoms with Gasteiger partial charge in [-0.1, -0.05) is 12.1 Å². The van der Waals surface area contributed by atoms with Gasteiger partial charge in [-0.05, 0) is 42.5 Å². The number of hydrogen-bond donors (Lipinski definition) is 1. The number of hydrazine groups is 1. The Hall–Kier alpha value is -4.24. The first-order valence-electron chi connectivity index (χ1n) is 10.9. The number of nitriles is 1. The molecule has 1 N–H and O–H groups in total. The van der Waals surface area contributed by atoms with Gasteiger partial charge in [0.2, 0.25) is 5.88 Å². The molecule has 12 heteroatoms. The number of Topliss-reactive ketones (excluding diaryl/α,β-unsaturated/α-hetero) is 1. The number of amides is 1. The maximum atomic E-state index is 12.6. The zero-order valence-electron chi connectivity index (χ0n) is 19.1. The number of ketones is 1. The number of rotatable bonds is 9. The van der Waals surface area contributed by atoms with Gasteiger partial charge in [0.15, 0.2) is 5.78 Å². The number of benzene rings is 2. The maximum absolute atomic E-state index is 12.6. The second kappa shape index (κ2) is 11.2. The average Bonchev–Trinajstić information content (AvgIpc) is 3.29. The van der Waals surface area contributed by atoms with Gasteiger partial charge < -0.3 is 9.47 Å². The Kier molecular flexibility index (Phi) is 7.83. The predicted octanol–water partition coefficient (Wildman–Crippen LogP) is 4.97. The number of anilines is 1. The predicted molar refractivity (Wildman–Crippen MR) is 128 cm³/mol. The van der Waals surface area contributed by atoms with Crippen LogP contribution in [-0.2, 0) is 15.8 Å². The molecule has 8 nitrogen and oxygen atoms in total. The van der Waals surface area contributed by atoms with Crippen LogP contribution in [0, 0.1) is 17.2 Å². The van der Waals surface area contributed by atoms with Crippen molar-refractivity contribution in [2.24, 2.45) is 5.92 Å². The smallest absolute Gasteiger partial charge is 0.417 e. The van der Waals surface area contributed by atoms with E-state index in [1.807, 2.05) is 30.3 Å². The summed E-state index contributed by atoms with van der Waals surface area (Å²) in [5.41, 5.74) is 2.63. The molecule has 1 aliphatic rings. The highest BCUT2D eigenvalue weighted by Crippen LogP contribution is 2.36. The third-order valence-corrected chi connectivity index (χ3v) is 6.21. The lowest BCUT2D eigenvalue weighted by molar-refractivity contribution is -0.137. The van der Waals surface area contributed by atoms with Crippen LogP contribution in [0.25, 0.3) is 0 Å². The third-order valence-electron chi connectivity index (χ3n) is 5.16. The molecule has 0 saturated carbocycles. The highest BCUT2D eigenvalue weighted by atomic mass is 32.2. The van der Waals surface area contributed by atoms with E-state index in [9.17, 15) is 28.0 Å². The summed E-state index contributed by atoms with van der Waals surface area (Å²) in [7, 11) is 0. The van der Waals surface area contributed by atoms with Gasteiger partial charge >= 0.3 is 6.18 Å². The van der Waals surface area contributed by atoms with Crippen LogP contribution in [0.3, 0.4) is 0 Å². The number of carbonyl (C=O) groups is 2.